The van der Waals surface area contributed by atoms with Crippen molar-refractivity contribution < 1.29 is 19.1 Å². The van der Waals surface area contributed by atoms with E-state index in [4.69, 9.17) is 23.2 Å². The highest BCUT2D eigenvalue weighted by Gasteiger charge is 2.20. The van der Waals surface area contributed by atoms with Gasteiger partial charge in [0.05, 0.1) is 23.7 Å². The van der Waals surface area contributed by atoms with Crippen LogP contribution in [0, 0.1) is 0 Å². The van der Waals surface area contributed by atoms with Crippen molar-refractivity contribution in [1.29, 1.82) is 0 Å². The lowest BCUT2D eigenvalue weighted by Gasteiger charge is -2.16. The molecule has 0 spiro atoms. The van der Waals surface area contributed by atoms with Crippen molar-refractivity contribution >= 4 is 40.9 Å². The molecular formula is C14H15Cl2NO4. The van der Waals surface area contributed by atoms with E-state index in [0.29, 0.717) is 5.02 Å². The molecule has 1 unspecified atom stereocenters. The van der Waals surface area contributed by atoms with Gasteiger partial charge in [-0.3, -0.25) is 14.4 Å². The molecule has 114 valence electrons. The van der Waals surface area contributed by atoms with Gasteiger partial charge in [-0.2, -0.15) is 0 Å². The Morgan fingerprint density at radius 3 is 2.48 bits per heavy atom. The average Bonchev–Trinajstić information content (AvgIpc) is 2.42. The van der Waals surface area contributed by atoms with Crippen LogP contribution < -0.4 is 5.32 Å². The Balaban J connectivity index is 2.76. The van der Waals surface area contributed by atoms with E-state index in [-0.39, 0.29) is 29.2 Å². The Kier molecular flexibility index (Phi) is 6.65. The van der Waals surface area contributed by atoms with Crippen LogP contribution in [0.3, 0.4) is 0 Å². The third-order valence-corrected chi connectivity index (χ3v) is 3.38. The zero-order valence-corrected chi connectivity index (χ0v) is 13.1. The first-order valence-electron chi connectivity index (χ1n) is 6.18. The molecule has 7 heteroatoms. The van der Waals surface area contributed by atoms with E-state index in [9.17, 15) is 14.4 Å². The number of halogens is 2. The van der Waals surface area contributed by atoms with E-state index in [1.807, 2.05) is 0 Å². The van der Waals surface area contributed by atoms with E-state index in [0.717, 1.165) is 0 Å². The molecule has 1 aromatic rings. The molecule has 5 nitrogen and oxygen atoms in total. The van der Waals surface area contributed by atoms with Gasteiger partial charge in [-0.15, -0.1) is 0 Å². The molecule has 1 amide bonds. The number of esters is 1. The second-order valence-corrected chi connectivity index (χ2v) is 5.22. The minimum absolute atomic E-state index is 0.0371. The maximum atomic E-state index is 12.1. The normalized spacial score (nSPS) is 11.6. The molecule has 0 aliphatic carbocycles. The van der Waals surface area contributed by atoms with Crippen molar-refractivity contribution in [2.45, 2.75) is 25.8 Å². The number of nitrogens with one attached hydrogen (secondary N) is 1. The number of amides is 1. The largest absolute Gasteiger partial charge is 0.469 e. The first kappa shape index (κ1) is 17.5. The number of carbonyl (C=O) groups excluding carboxylic acids is 3. The van der Waals surface area contributed by atoms with Crippen molar-refractivity contribution in [2.75, 3.05) is 7.11 Å². The highest BCUT2D eigenvalue weighted by Crippen LogP contribution is 2.21. The summed E-state index contributed by atoms with van der Waals surface area (Å²) >= 11 is 11.7. The topological polar surface area (TPSA) is 72.5 Å². The first-order valence-corrected chi connectivity index (χ1v) is 6.94. The standard InChI is InChI=1S/C14H15Cl2NO4/c1-8(18)12(5-6-13(19)21-2)17-14(20)10-4-3-9(15)7-11(10)16/h3-4,7,12H,5-6H2,1-2H3,(H,17,20). The van der Waals surface area contributed by atoms with Gasteiger partial charge < -0.3 is 10.1 Å². The third-order valence-electron chi connectivity index (χ3n) is 2.84. The van der Waals surface area contributed by atoms with E-state index in [2.05, 4.69) is 10.1 Å². The second kappa shape index (κ2) is 8.00. The van der Waals surface area contributed by atoms with Crippen LogP contribution in [0.25, 0.3) is 0 Å². The number of ether oxygens (including phenoxy) is 1. The Morgan fingerprint density at radius 1 is 1.29 bits per heavy atom. The Bertz CT molecular complexity index is 560. The molecule has 0 aromatic heterocycles. The monoisotopic (exact) mass is 331 g/mol. The van der Waals surface area contributed by atoms with E-state index < -0.39 is 17.9 Å². The lowest BCUT2D eigenvalue weighted by molar-refractivity contribution is -0.140. The van der Waals surface area contributed by atoms with Crippen LogP contribution in [0.2, 0.25) is 10.0 Å². The summed E-state index contributed by atoms with van der Waals surface area (Å²) in [5, 5.41) is 3.15. The third kappa shape index (κ3) is 5.36. The van der Waals surface area contributed by atoms with Crippen molar-refractivity contribution in [1.82, 2.24) is 5.32 Å². The predicted octanol–water partition coefficient (Wildman–Crippen LogP) is 2.63. The molecular weight excluding hydrogens is 317 g/mol. The summed E-state index contributed by atoms with van der Waals surface area (Å²) in [4.78, 5) is 34.7. The van der Waals surface area contributed by atoms with Gasteiger partial charge in [0.15, 0.2) is 5.78 Å². The van der Waals surface area contributed by atoms with Crippen molar-refractivity contribution in [3.05, 3.63) is 33.8 Å². The molecule has 0 aliphatic rings. The highest BCUT2D eigenvalue weighted by molar-refractivity contribution is 6.36. The Morgan fingerprint density at radius 2 is 1.95 bits per heavy atom. The molecule has 0 saturated heterocycles. The van der Waals surface area contributed by atoms with Crippen LogP contribution in [0.15, 0.2) is 18.2 Å². The first-order chi connectivity index (χ1) is 9.85. The number of Topliss-reactive ketones (excluding diaryl/α,β-unsaturated/α-hetero) is 1. The minimum atomic E-state index is -0.775. The van der Waals surface area contributed by atoms with Crippen LogP contribution in [0.1, 0.15) is 30.1 Å². The summed E-state index contributed by atoms with van der Waals surface area (Å²) in [6, 6.07) is 3.66. The Hall–Kier alpha value is -1.59. The molecule has 1 aromatic carbocycles. The molecule has 0 saturated carbocycles. The summed E-state index contributed by atoms with van der Waals surface area (Å²) in [6.07, 6.45) is 0.203. The molecule has 21 heavy (non-hydrogen) atoms. The average molecular weight is 332 g/mol. The van der Waals surface area contributed by atoms with Crippen LogP contribution >= 0.6 is 23.2 Å². The molecule has 0 bridgehead atoms. The number of carbonyl (C=O) groups is 3. The summed E-state index contributed by atoms with van der Waals surface area (Å²) < 4.78 is 4.50. The van der Waals surface area contributed by atoms with E-state index >= 15 is 0 Å². The van der Waals surface area contributed by atoms with Gasteiger partial charge in [-0.25, -0.2) is 0 Å². The minimum Gasteiger partial charge on any atom is -0.469 e. The van der Waals surface area contributed by atoms with Gasteiger partial charge in [0.1, 0.15) is 0 Å². The van der Waals surface area contributed by atoms with Crippen LogP contribution in [-0.2, 0) is 14.3 Å². The molecule has 1 N–H and O–H groups in total. The summed E-state index contributed by atoms with van der Waals surface area (Å²) in [5.41, 5.74) is 0.213. The fraction of sp³-hybridized carbons (Fsp3) is 0.357. The zero-order valence-electron chi connectivity index (χ0n) is 11.6. The van der Waals surface area contributed by atoms with E-state index in [1.165, 1.54) is 32.2 Å². The maximum Gasteiger partial charge on any atom is 0.305 e. The van der Waals surface area contributed by atoms with Gasteiger partial charge in [-0.05, 0) is 31.5 Å². The van der Waals surface area contributed by atoms with Gasteiger partial charge in [0.25, 0.3) is 5.91 Å². The number of ketones is 1. The van der Waals surface area contributed by atoms with Crippen LogP contribution in [-0.4, -0.2) is 30.8 Å². The number of hydrogen-bond acceptors (Lipinski definition) is 4. The fourth-order valence-corrected chi connectivity index (χ4v) is 2.15. The molecule has 1 rings (SSSR count). The number of rotatable bonds is 6. The van der Waals surface area contributed by atoms with Crippen molar-refractivity contribution in [3.63, 3.8) is 0 Å². The number of benzene rings is 1. The predicted molar refractivity (Wildman–Crippen MR) is 79.6 cm³/mol. The summed E-state index contributed by atoms with van der Waals surface area (Å²) in [6.45, 7) is 1.34. The lowest BCUT2D eigenvalue weighted by Crippen LogP contribution is -2.40. The molecule has 0 fully saturated rings. The van der Waals surface area contributed by atoms with Gasteiger partial charge in [0.2, 0.25) is 0 Å². The van der Waals surface area contributed by atoms with Crippen molar-refractivity contribution in [2.24, 2.45) is 0 Å². The summed E-state index contributed by atoms with van der Waals surface area (Å²) in [7, 11) is 1.26. The zero-order chi connectivity index (χ0) is 16.0. The Labute approximate surface area is 132 Å². The van der Waals surface area contributed by atoms with E-state index in [1.54, 1.807) is 0 Å². The SMILES string of the molecule is COC(=O)CCC(NC(=O)c1ccc(Cl)cc1Cl)C(C)=O. The van der Waals surface area contributed by atoms with Gasteiger partial charge in [-0.1, -0.05) is 23.2 Å². The smallest absolute Gasteiger partial charge is 0.305 e. The molecule has 1 atom stereocenters. The number of methoxy groups -OCH3 is 1. The van der Waals surface area contributed by atoms with Crippen molar-refractivity contribution in [3.8, 4) is 0 Å². The highest BCUT2D eigenvalue weighted by atomic mass is 35.5. The maximum absolute atomic E-state index is 12.1. The quantitative estimate of drug-likeness (QED) is 0.813. The second-order valence-electron chi connectivity index (χ2n) is 4.38. The van der Waals surface area contributed by atoms with Crippen LogP contribution in [0.5, 0.6) is 0 Å². The summed E-state index contributed by atoms with van der Waals surface area (Å²) in [5.74, 6) is -1.20. The fourth-order valence-electron chi connectivity index (χ4n) is 1.65. The molecule has 0 heterocycles. The van der Waals surface area contributed by atoms with Gasteiger partial charge in [0, 0.05) is 11.4 Å². The van der Waals surface area contributed by atoms with Crippen LogP contribution in [0.4, 0.5) is 0 Å². The lowest BCUT2D eigenvalue weighted by atomic mass is 10.1. The molecule has 0 radical (unpaired) electrons. The number of hydrogen-bond donors (Lipinski definition) is 1. The van der Waals surface area contributed by atoms with Gasteiger partial charge >= 0.3 is 5.97 Å². The molecule has 0 aliphatic heterocycles.